The number of hydrogen-bond donors (Lipinski definition) is 1. The largest absolute Gasteiger partial charge is 0.464 e. The third kappa shape index (κ3) is 3.86. The van der Waals surface area contributed by atoms with Crippen LogP contribution in [0, 0.1) is 17.8 Å². The van der Waals surface area contributed by atoms with Gasteiger partial charge in [0.15, 0.2) is 0 Å². The molecule has 1 saturated heterocycles. The minimum absolute atomic E-state index is 0.123. The number of carbonyl (C=O) groups excluding carboxylic acids is 1. The Kier molecular flexibility index (Phi) is 5.04. The quantitative estimate of drug-likeness (QED) is 0.817. The van der Waals surface area contributed by atoms with Crippen molar-refractivity contribution >= 4 is 22.6 Å². The number of carbonyl (C=O) groups is 1. The van der Waals surface area contributed by atoms with Crippen LogP contribution in [0.5, 0.6) is 5.75 Å². The summed E-state index contributed by atoms with van der Waals surface area (Å²) >= 11 is 0. The molecule has 1 N–H and O–H groups in total. The minimum Gasteiger partial charge on any atom is -0.464 e. The lowest BCUT2D eigenvalue weighted by Gasteiger charge is -2.48. The zero-order valence-electron chi connectivity index (χ0n) is 16.7. The molecule has 0 bridgehead atoms. The van der Waals surface area contributed by atoms with E-state index in [4.69, 9.17) is 13.9 Å². The second kappa shape index (κ2) is 7.00. The first-order chi connectivity index (χ1) is 12.6. The van der Waals surface area contributed by atoms with Gasteiger partial charge in [-0.25, -0.2) is 4.79 Å². The summed E-state index contributed by atoms with van der Waals surface area (Å²) in [4.78, 5) is 23.2. The smallest absolute Gasteiger partial charge is 0.360 e. The SMILES string of the molecule is CC(=O)Nc1cc2ccc(OC3OC(C)(C)[C@H](C)[C@@H](C)[C@@H]3C)cc2oc1=O. The molecule has 1 aromatic heterocycles. The Morgan fingerprint density at radius 2 is 1.85 bits per heavy atom. The molecule has 1 aliphatic heterocycles. The highest BCUT2D eigenvalue weighted by molar-refractivity contribution is 5.91. The molecule has 6 nitrogen and oxygen atoms in total. The summed E-state index contributed by atoms with van der Waals surface area (Å²) in [7, 11) is 0. The van der Waals surface area contributed by atoms with E-state index in [2.05, 4.69) is 39.9 Å². The molecule has 1 unspecified atom stereocenters. The van der Waals surface area contributed by atoms with Gasteiger partial charge in [-0.2, -0.15) is 0 Å². The standard InChI is InChI=1S/C21H27NO5/c1-11-12(2)20(27-21(5,6)13(11)3)25-16-8-7-15-9-17(22-14(4)23)19(24)26-18(15)10-16/h7-13,20H,1-6H3,(H,22,23)/t11-,12-,13+,20?/m0/s1. The first-order valence-corrected chi connectivity index (χ1v) is 9.28. The monoisotopic (exact) mass is 373 g/mol. The fraction of sp³-hybridized carbons (Fsp3) is 0.524. The maximum absolute atomic E-state index is 12.0. The Hall–Kier alpha value is -2.34. The number of nitrogens with one attached hydrogen (secondary N) is 1. The van der Waals surface area contributed by atoms with Crippen molar-refractivity contribution in [3.05, 3.63) is 34.7 Å². The highest BCUT2D eigenvalue weighted by atomic mass is 16.7. The van der Waals surface area contributed by atoms with Crippen LogP contribution in [-0.4, -0.2) is 17.8 Å². The third-order valence-corrected chi connectivity index (χ3v) is 5.83. The number of anilines is 1. The van der Waals surface area contributed by atoms with Crippen LogP contribution in [-0.2, 0) is 9.53 Å². The Morgan fingerprint density at radius 1 is 1.15 bits per heavy atom. The Balaban J connectivity index is 1.87. The van der Waals surface area contributed by atoms with Crippen molar-refractivity contribution < 1.29 is 18.7 Å². The van der Waals surface area contributed by atoms with Gasteiger partial charge in [0.1, 0.15) is 17.0 Å². The predicted octanol–water partition coefficient (Wildman–Crippen LogP) is 4.17. The van der Waals surface area contributed by atoms with Crippen LogP contribution < -0.4 is 15.7 Å². The molecule has 1 aromatic carbocycles. The van der Waals surface area contributed by atoms with E-state index in [0.29, 0.717) is 28.6 Å². The molecule has 6 heteroatoms. The average Bonchev–Trinajstić information content (AvgIpc) is 2.58. The van der Waals surface area contributed by atoms with E-state index < -0.39 is 5.63 Å². The van der Waals surface area contributed by atoms with Gasteiger partial charge < -0.3 is 19.2 Å². The first-order valence-electron chi connectivity index (χ1n) is 9.28. The van der Waals surface area contributed by atoms with E-state index in [1.54, 1.807) is 18.2 Å². The summed E-state index contributed by atoms with van der Waals surface area (Å²) < 4.78 is 17.7. The van der Waals surface area contributed by atoms with Crippen molar-refractivity contribution in [2.45, 2.75) is 53.4 Å². The van der Waals surface area contributed by atoms with Gasteiger partial charge in [0.2, 0.25) is 12.2 Å². The van der Waals surface area contributed by atoms with Crippen molar-refractivity contribution in [1.29, 1.82) is 0 Å². The van der Waals surface area contributed by atoms with Gasteiger partial charge in [-0.15, -0.1) is 0 Å². The van der Waals surface area contributed by atoms with Crippen LogP contribution in [0.15, 0.2) is 33.5 Å². The lowest BCUT2D eigenvalue weighted by molar-refractivity contribution is -0.248. The van der Waals surface area contributed by atoms with E-state index in [-0.39, 0.29) is 29.4 Å². The second-order valence-corrected chi connectivity index (χ2v) is 8.04. The van der Waals surface area contributed by atoms with Crippen molar-refractivity contribution in [2.75, 3.05) is 5.32 Å². The number of ether oxygens (including phenoxy) is 2. The van der Waals surface area contributed by atoms with Gasteiger partial charge in [0, 0.05) is 24.3 Å². The van der Waals surface area contributed by atoms with Crippen LogP contribution in [0.2, 0.25) is 0 Å². The number of fused-ring (bicyclic) bond motifs is 1. The summed E-state index contributed by atoms with van der Waals surface area (Å²) in [6.07, 6.45) is -0.381. The molecule has 0 spiro atoms. The maximum Gasteiger partial charge on any atom is 0.360 e. The number of benzene rings is 1. The van der Waals surface area contributed by atoms with E-state index >= 15 is 0 Å². The Labute approximate surface area is 158 Å². The van der Waals surface area contributed by atoms with E-state index in [1.807, 2.05) is 6.07 Å². The Morgan fingerprint density at radius 3 is 2.52 bits per heavy atom. The van der Waals surface area contributed by atoms with E-state index in [0.717, 1.165) is 0 Å². The number of rotatable bonds is 3. The van der Waals surface area contributed by atoms with Crippen LogP contribution in [0.1, 0.15) is 41.5 Å². The summed E-state index contributed by atoms with van der Waals surface area (Å²) in [5, 5.41) is 3.17. The van der Waals surface area contributed by atoms with Gasteiger partial charge >= 0.3 is 5.63 Å². The molecule has 4 atom stereocenters. The molecule has 27 heavy (non-hydrogen) atoms. The van der Waals surface area contributed by atoms with Crippen LogP contribution in [0.25, 0.3) is 11.0 Å². The van der Waals surface area contributed by atoms with Crippen LogP contribution in [0.3, 0.4) is 0 Å². The molecule has 2 aromatic rings. The lowest BCUT2D eigenvalue weighted by atomic mass is 9.73. The van der Waals surface area contributed by atoms with Crippen molar-refractivity contribution in [1.82, 2.24) is 0 Å². The molecule has 2 heterocycles. The van der Waals surface area contributed by atoms with Crippen LogP contribution in [0.4, 0.5) is 5.69 Å². The molecule has 1 amide bonds. The van der Waals surface area contributed by atoms with Gasteiger partial charge in [0.05, 0.1) is 5.60 Å². The lowest BCUT2D eigenvalue weighted by Crippen LogP contribution is -2.52. The zero-order chi connectivity index (χ0) is 19.9. The summed E-state index contributed by atoms with van der Waals surface area (Å²) in [6.45, 7) is 12.1. The van der Waals surface area contributed by atoms with Gasteiger partial charge in [-0.3, -0.25) is 4.79 Å². The topological polar surface area (TPSA) is 77.8 Å². The summed E-state index contributed by atoms with van der Waals surface area (Å²) in [6, 6.07) is 6.88. The normalized spacial score (nSPS) is 27.3. The fourth-order valence-electron chi connectivity index (χ4n) is 3.56. The maximum atomic E-state index is 12.0. The third-order valence-electron chi connectivity index (χ3n) is 5.83. The molecule has 3 rings (SSSR count). The van der Waals surface area contributed by atoms with Crippen LogP contribution >= 0.6 is 0 Å². The van der Waals surface area contributed by atoms with E-state index in [1.165, 1.54) is 6.92 Å². The average molecular weight is 373 g/mol. The number of hydrogen-bond acceptors (Lipinski definition) is 5. The molecule has 1 aliphatic rings. The van der Waals surface area contributed by atoms with E-state index in [9.17, 15) is 9.59 Å². The van der Waals surface area contributed by atoms with Gasteiger partial charge in [-0.1, -0.05) is 20.8 Å². The van der Waals surface area contributed by atoms with Crippen molar-refractivity contribution in [2.24, 2.45) is 17.8 Å². The van der Waals surface area contributed by atoms with Crippen molar-refractivity contribution in [3.63, 3.8) is 0 Å². The van der Waals surface area contributed by atoms with Crippen molar-refractivity contribution in [3.8, 4) is 5.75 Å². The number of amides is 1. The highest BCUT2D eigenvalue weighted by Gasteiger charge is 2.44. The Bertz CT molecular complexity index is 916. The zero-order valence-corrected chi connectivity index (χ0v) is 16.7. The highest BCUT2D eigenvalue weighted by Crippen LogP contribution is 2.41. The second-order valence-electron chi connectivity index (χ2n) is 8.04. The summed E-state index contributed by atoms with van der Waals surface area (Å²) in [5.74, 6) is 1.33. The fourth-order valence-corrected chi connectivity index (χ4v) is 3.56. The molecular formula is C21H27NO5. The molecular weight excluding hydrogens is 346 g/mol. The molecule has 146 valence electrons. The predicted molar refractivity (Wildman–Crippen MR) is 104 cm³/mol. The van der Waals surface area contributed by atoms with Gasteiger partial charge in [-0.05, 0) is 43.9 Å². The first kappa shape index (κ1) is 19.4. The molecule has 0 saturated carbocycles. The molecule has 0 aliphatic carbocycles. The minimum atomic E-state index is -0.597. The molecule has 0 radical (unpaired) electrons. The molecule has 1 fully saturated rings. The summed E-state index contributed by atoms with van der Waals surface area (Å²) in [5.41, 5.74) is -0.360. The van der Waals surface area contributed by atoms with Gasteiger partial charge in [0.25, 0.3) is 0 Å².